The molecule has 1 aromatic carbocycles. The summed E-state index contributed by atoms with van der Waals surface area (Å²) >= 11 is 1.62. The van der Waals surface area contributed by atoms with Crippen LogP contribution in [-0.2, 0) is 11.3 Å². The number of fused-ring (bicyclic) bond motifs is 1. The van der Waals surface area contributed by atoms with E-state index in [0.717, 1.165) is 23.2 Å². The number of primary amides is 1. The molecule has 136 valence electrons. The first-order valence-electron chi connectivity index (χ1n) is 8.35. The van der Waals surface area contributed by atoms with E-state index in [1.165, 1.54) is 0 Å². The minimum absolute atomic E-state index is 0.256. The molecule has 0 radical (unpaired) electrons. The minimum Gasteiger partial charge on any atom is -0.352 e. The van der Waals surface area contributed by atoms with Crippen LogP contribution in [0.2, 0.25) is 0 Å². The van der Waals surface area contributed by atoms with Crippen LogP contribution in [0, 0.1) is 5.92 Å². The number of thioether (sulfide) groups is 1. The fourth-order valence-corrected chi connectivity index (χ4v) is 3.21. The standard InChI is InChI=1S/C18H26N4O2S/c1-12(2)11-22-8-6-13-10-14(4-5-16(13)22)20-17(23)15(7-9-25-3)21-18(19)24/h4-6,8,10,12,15H,7,9,11H2,1-3H3,(H,20,23)(H3,19,21,24)/t15-/m1/s1. The highest BCUT2D eigenvalue weighted by Gasteiger charge is 2.19. The van der Waals surface area contributed by atoms with Gasteiger partial charge in [0, 0.05) is 29.3 Å². The first kappa shape index (κ1) is 19.2. The number of hydrogen-bond donors (Lipinski definition) is 3. The third kappa shape index (κ3) is 5.42. The van der Waals surface area contributed by atoms with Crippen LogP contribution >= 0.6 is 11.8 Å². The summed E-state index contributed by atoms with van der Waals surface area (Å²) in [7, 11) is 0. The van der Waals surface area contributed by atoms with Crippen molar-refractivity contribution in [3.05, 3.63) is 30.5 Å². The highest BCUT2D eigenvalue weighted by atomic mass is 32.2. The number of nitrogens with one attached hydrogen (secondary N) is 2. The van der Waals surface area contributed by atoms with Crippen LogP contribution in [0.1, 0.15) is 20.3 Å². The second-order valence-corrected chi connectivity index (χ2v) is 7.45. The molecule has 7 heteroatoms. The molecule has 0 fully saturated rings. The smallest absolute Gasteiger partial charge is 0.312 e. The predicted molar refractivity (Wildman–Crippen MR) is 105 cm³/mol. The molecule has 3 amide bonds. The molecule has 4 N–H and O–H groups in total. The van der Waals surface area contributed by atoms with Crippen molar-refractivity contribution in [2.24, 2.45) is 11.7 Å². The van der Waals surface area contributed by atoms with E-state index in [9.17, 15) is 9.59 Å². The van der Waals surface area contributed by atoms with Gasteiger partial charge in [-0.15, -0.1) is 0 Å². The van der Waals surface area contributed by atoms with Crippen molar-refractivity contribution in [1.82, 2.24) is 9.88 Å². The summed E-state index contributed by atoms with van der Waals surface area (Å²) < 4.78 is 2.21. The summed E-state index contributed by atoms with van der Waals surface area (Å²) in [5, 5.41) is 6.45. The molecular weight excluding hydrogens is 336 g/mol. The van der Waals surface area contributed by atoms with Crippen molar-refractivity contribution in [2.75, 3.05) is 17.3 Å². The van der Waals surface area contributed by atoms with E-state index >= 15 is 0 Å². The van der Waals surface area contributed by atoms with Crippen molar-refractivity contribution >= 4 is 40.3 Å². The molecule has 0 aliphatic carbocycles. The van der Waals surface area contributed by atoms with Gasteiger partial charge in [-0.1, -0.05) is 13.8 Å². The number of benzene rings is 1. The van der Waals surface area contributed by atoms with Crippen LogP contribution in [0.3, 0.4) is 0 Å². The summed E-state index contributed by atoms with van der Waals surface area (Å²) in [5.74, 6) is 1.07. The molecule has 25 heavy (non-hydrogen) atoms. The maximum Gasteiger partial charge on any atom is 0.312 e. The topological polar surface area (TPSA) is 89.2 Å². The highest BCUT2D eigenvalue weighted by molar-refractivity contribution is 7.98. The van der Waals surface area contributed by atoms with Gasteiger partial charge < -0.3 is 20.9 Å². The number of amides is 3. The summed E-state index contributed by atoms with van der Waals surface area (Å²) in [5.41, 5.74) is 7.02. The number of urea groups is 1. The van der Waals surface area contributed by atoms with Gasteiger partial charge in [0.1, 0.15) is 6.04 Å². The zero-order valence-corrected chi connectivity index (χ0v) is 15.7. The summed E-state index contributed by atoms with van der Waals surface area (Å²) in [6.45, 7) is 5.32. The van der Waals surface area contributed by atoms with Crippen LogP contribution in [0.25, 0.3) is 10.9 Å². The molecule has 0 unspecified atom stereocenters. The Kier molecular flexibility index (Phi) is 6.75. The van der Waals surface area contributed by atoms with Gasteiger partial charge in [-0.2, -0.15) is 11.8 Å². The lowest BCUT2D eigenvalue weighted by atomic mass is 10.2. The first-order chi connectivity index (χ1) is 11.9. The maximum atomic E-state index is 12.4. The fourth-order valence-electron chi connectivity index (χ4n) is 2.74. The van der Waals surface area contributed by atoms with Gasteiger partial charge in [-0.25, -0.2) is 4.79 Å². The Morgan fingerprint density at radius 1 is 1.28 bits per heavy atom. The van der Waals surface area contributed by atoms with Crippen LogP contribution < -0.4 is 16.4 Å². The summed E-state index contributed by atoms with van der Waals surface area (Å²) in [4.78, 5) is 23.6. The van der Waals surface area contributed by atoms with Gasteiger partial charge in [-0.05, 0) is 48.6 Å². The molecule has 0 saturated heterocycles. The van der Waals surface area contributed by atoms with E-state index in [-0.39, 0.29) is 5.91 Å². The van der Waals surface area contributed by atoms with Crippen LogP contribution in [0.4, 0.5) is 10.5 Å². The number of carbonyl (C=O) groups is 2. The van der Waals surface area contributed by atoms with Gasteiger partial charge in [0.15, 0.2) is 0 Å². The molecule has 0 saturated carbocycles. The third-order valence-electron chi connectivity index (χ3n) is 3.84. The molecule has 6 nitrogen and oxygen atoms in total. The quantitative estimate of drug-likeness (QED) is 0.674. The Balaban J connectivity index is 2.12. The molecule has 1 atom stereocenters. The van der Waals surface area contributed by atoms with Crippen LogP contribution in [-0.4, -0.2) is 34.6 Å². The molecular formula is C18H26N4O2S. The molecule has 0 aliphatic heterocycles. The Hall–Kier alpha value is -2.15. The Bertz CT molecular complexity index is 742. The lowest BCUT2D eigenvalue weighted by molar-refractivity contribution is -0.117. The number of rotatable bonds is 8. The average molecular weight is 362 g/mol. The number of aromatic nitrogens is 1. The second-order valence-electron chi connectivity index (χ2n) is 6.47. The van der Waals surface area contributed by atoms with Gasteiger partial charge >= 0.3 is 6.03 Å². The predicted octanol–water partition coefficient (Wildman–Crippen LogP) is 3.03. The van der Waals surface area contributed by atoms with Crippen LogP contribution in [0.5, 0.6) is 0 Å². The minimum atomic E-state index is -0.692. The Morgan fingerprint density at radius 2 is 2.04 bits per heavy atom. The number of nitrogens with two attached hydrogens (primary N) is 1. The second kappa shape index (κ2) is 8.80. The number of hydrogen-bond acceptors (Lipinski definition) is 3. The van der Waals surface area contributed by atoms with E-state index in [4.69, 9.17) is 5.73 Å². The van der Waals surface area contributed by atoms with E-state index in [2.05, 4.69) is 35.2 Å². The van der Waals surface area contributed by atoms with Crippen molar-refractivity contribution in [3.63, 3.8) is 0 Å². The molecule has 0 spiro atoms. The monoisotopic (exact) mass is 362 g/mol. The molecule has 0 aliphatic rings. The molecule has 2 rings (SSSR count). The molecule has 0 bridgehead atoms. The highest BCUT2D eigenvalue weighted by Crippen LogP contribution is 2.22. The SMILES string of the molecule is CSCC[C@@H](NC(N)=O)C(=O)Nc1ccc2c(ccn2CC(C)C)c1. The fraction of sp³-hybridized carbons (Fsp3) is 0.444. The zero-order chi connectivity index (χ0) is 18.4. The van der Waals surface area contributed by atoms with E-state index in [0.29, 0.717) is 18.0 Å². The summed E-state index contributed by atoms with van der Waals surface area (Å²) in [6.07, 6.45) is 4.55. The van der Waals surface area contributed by atoms with Gasteiger partial charge in [0.05, 0.1) is 0 Å². The van der Waals surface area contributed by atoms with Gasteiger partial charge in [0.25, 0.3) is 0 Å². The van der Waals surface area contributed by atoms with E-state index in [1.807, 2.05) is 30.5 Å². The van der Waals surface area contributed by atoms with Crippen LogP contribution in [0.15, 0.2) is 30.5 Å². The molecule has 2 aromatic rings. The number of anilines is 1. The van der Waals surface area contributed by atoms with E-state index < -0.39 is 12.1 Å². The Labute approximate surface area is 152 Å². The van der Waals surface area contributed by atoms with Gasteiger partial charge in [0.2, 0.25) is 5.91 Å². The Morgan fingerprint density at radius 3 is 2.68 bits per heavy atom. The maximum absolute atomic E-state index is 12.4. The lowest BCUT2D eigenvalue weighted by Crippen LogP contribution is -2.46. The van der Waals surface area contributed by atoms with Crippen molar-refractivity contribution in [2.45, 2.75) is 32.9 Å². The summed E-state index contributed by atoms with van der Waals surface area (Å²) in [6, 6.07) is 6.55. The zero-order valence-electron chi connectivity index (χ0n) is 14.9. The van der Waals surface area contributed by atoms with Crippen molar-refractivity contribution in [3.8, 4) is 0 Å². The molecule has 1 heterocycles. The third-order valence-corrected chi connectivity index (χ3v) is 4.49. The largest absolute Gasteiger partial charge is 0.352 e. The van der Waals surface area contributed by atoms with Crippen molar-refractivity contribution < 1.29 is 9.59 Å². The first-order valence-corrected chi connectivity index (χ1v) is 9.74. The number of carbonyl (C=O) groups excluding carboxylic acids is 2. The van der Waals surface area contributed by atoms with Crippen molar-refractivity contribution in [1.29, 1.82) is 0 Å². The lowest BCUT2D eigenvalue weighted by Gasteiger charge is -2.17. The van der Waals surface area contributed by atoms with E-state index in [1.54, 1.807) is 11.8 Å². The molecule has 1 aromatic heterocycles. The normalized spacial score (nSPS) is 12.3. The van der Waals surface area contributed by atoms with Gasteiger partial charge in [-0.3, -0.25) is 4.79 Å². The average Bonchev–Trinajstić information content (AvgIpc) is 2.92. The number of nitrogens with zero attached hydrogens (tertiary/aromatic N) is 1.